The van der Waals surface area contributed by atoms with Crippen molar-refractivity contribution in [1.82, 2.24) is 10.2 Å². The first-order valence-electron chi connectivity index (χ1n) is 8.36. The number of aliphatic hydroxyl groups is 2. The Morgan fingerprint density at radius 2 is 2.00 bits per heavy atom. The predicted octanol–water partition coefficient (Wildman–Crippen LogP) is 1.22. The Morgan fingerprint density at radius 3 is 2.60 bits per heavy atom. The van der Waals surface area contributed by atoms with Crippen LogP contribution in [0.3, 0.4) is 0 Å². The molecule has 1 saturated carbocycles. The number of nitrogens with one attached hydrogen (secondary N) is 1. The molecule has 3 atom stereocenters. The summed E-state index contributed by atoms with van der Waals surface area (Å²) in [6, 6.07) is 1.08. The third-order valence-corrected chi connectivity index (χ3v) is 4.80. The second kappa shape index (κ2) is 7.74. The molecule has 0 aromatic heterocycles. The molecule has 2 fully saturated rings. The molecule has 2 aliphatic rings. The van der Waals surface area contributed by atoms with Gasteiger partial charge in [0.15, 0.2) is 0 Å². The molecule has 0 bridgehead atoms. The number of hydrogen-bond donors (Lipinski definition) is 3. The van der Waals surface area contributed by atoms with Crippen LogP contribution in [0.4, 0.5) is 0 Å². The number of aliphatic hydroxyl groups excluding tert-OH is 2. The van der Waals surface area contributed by atoms with Crippen molar-refractivity contribution in [2.75, 3.05) is 26.2 Å². The SMILES string of the molecule is CC(C)N1CC(CC(O)C2CC2)CC(NCCCO)C1. The van der Waals surface area contributed by atoms with Crippen LogP contribution in [-0.4, -0.2) is 59.5 Å². The first kappa shape index (κ1) is 16.2. The Bertz CT molecular complexity index is 280. The first-order valence-corrected chi connectivity index (χ1v) is 8.36. The van der Waals surface area contributed by atoms with Crippen LogP contribution < -0.4 is 5.32 Å². The molecule has 20 heavy (non-hydrogen) atoms. The van der Waals surface area contributed by atoms with Gasteiger partial charge in [-0.15, -0.1) is 0 Å². The number of piperidine rings is 1. The smallest absolute Gasteiger partial charge is 0.0571 e. The molecule has 0 aromatic rings. The summed E-state index contributed by atoms with van der Waals surface area (Å²) >= 11 is 0. The van der Waals surface area contributed by atoms with Gasteiger partial charge in [-0.05, 0) is 64.3 Å². The molecule has 0 amide bonds. The van der Waals surface area contributed by atoms with E-state index in [2.05, 4.69) is 24.1 Å². The number of likely N-dealkylation sites (tertiary alicyclic amines) is 1. The van der Waals surface area contributed by atoms with Crippen LogP contribution in [0.1, 0.15) is 46.0 Å². The van der Waals surface area contributed by atoms with Crippen LogP contribution in [0.2, 0.25) is 0 Å². The fourth-order valence-electron chi connectivity index (χ4n) is 3.38. The molecule has 2 rings (SSSR count). The lowest BCUT2D eigenvalue weighted by Gasteiger charge is -2.41. The summed E-state index contributed by atoms with van der Waals surface area (Å²) in [5.74, 6) is 1.19. The highest BCUT2D eigenvalue weighted by molar-refractivity contribution is 4.89. The van der Waals surface area contributed by atoms with E-state index in [1.165, 1.54) is 19.3 Å². The fraction of sp³-hybridized carbons (Fsp3) is 1.00. The summed E-state index contributed by atoms with van der Waals surface area (Å²) in [6.45, 7) is 7.89. The largest absolute Gasteiger partial charge is 0.396 e. The summed E-state index contributed by atoms with van der Waals surface area (Å²) in [7, 11) is 0. The van der Waals surface area contributed by atoms with Gasteiger partial charge in [-0.3, -0.25) is 4.90 Å². The van der Waals surface area contributed by atoms with E-state index in [1.807, 2.05) is 0 Å². The Labute approximate surface area is 123 Å². The van der Waals surface area contributed by atoms with Crippen molar-refractivity contribution in [3.8, 4) is 0 Å². The second-order valence-corrected chi connectivity index (χ2v) is 7.02. The van der Waals surface area contributed by atoms with Crippen molar-refractivity contribution in [2.45, 2.75) is 64.1 Å². The lowest BCUT2D eigenvalue weighted by atomic mass is 9.87. The average Bonchev–Trinajstić information content (AvgIpc) is 3.23. The van der Waals surface area contributed by atoms with E-state index in [-0.39, 0.29) is 12.7 Å². The number of rotatable bonds is 8. The van der Waals surface area contributed by atoms with Gasteiger partial charge in [-0.1, -0.05) is 0 Å². The second-order valence-electron chi connectivity index (χ2n) is 7.02. The Balaban J connectivity index is 1.82. The molecule has 1 heterocycles. The highest BCUT2D eigenvalue weighted by Crippen LogP contribution is 2.36. The third kappa shape index (κ3) is 4.99. The maximum Gasteiger partial charge on any atom is 0.0571 e. The monoisotopic (exact) mass is 284 g/mol. The zero-order valence-corrected chi connectivity index (χ0v) is 13.1. The van der Waals surface area contributed by atoms with Crippen molar-refractivity contribution < 1.29 is 10.2 Å². The maximum atomic E-state index is 10.2. The van der Waals surface area contributed by atoms with Gasteiger partial charge >= 0.3 is 0 Å². The standard InChI is InChI=1S/C16H32N2O2/c1-12(2)18-10-13(9-16(20)14-4-5-14)8-15(11-18)17-6-3-7-19/h12-17,19-20H,3-11H2,1-2H3. The lowest BCUT2D eigenvalue weighted by Crippen LogP contribution is -2.52. The molecule has 4 nitrogen and oxygen atoms in total. The van der Waals surface area contributed by atoms with Crippen LogP contribution >= 0.6 is 0 Å². The zero-order chi connectivity index (χ0) is 14.5. The summed E-state index contributed by atoms with van der Waals surface area (Å²) in [5.41, 5.74) is 0. The van der Waals surface area contributed by atoms with E-state index in [0.29, 0.717) is 23.9 Å². The predicted molar refractivity (Wildman–Crippen MR) is 81.7 cm³/mol. The molecule has 118 valence electrons. The molecule has 0 spiro atoms. The van der Waals surface area contributed by atoms with E-state index in [4.69, 9.17) is 5.11 Å². The Hall–Kier alpha value is -0.160. The zero-order valence-electron chi connectivity index (χ0n) is 13.1. The summed E-state index contributed by atoms with van der Waals surface area (Å²) in [4.78, 5) is 2.53. The Kier molecular flexibility index (Phi) is 6.27. The van der Waals surface area contributed by atoms with Crippen molar-refractivity contribution in [3.63, 3.8) is 0 Å². The topological polar surface area (TPSA) is 55.7 Å². The minimum absolute atomic E-state index is 0.0785. The fourth-order valence-corrected chi connectivity index (χ4v) is 3.38. The van der Waals surface area contributed by atoms with Gasteiger partial charge in [0.1, 0.15) is 0 Å². The molecular weight excluding hydrogens is 252 g/mol. The summed E-state index contributed by atoms with van der Waals surface area (Å²) in [5, 5.41) is 22.7. The quantitative estimate of drug-likeness (QED) is 0.587. The van der Waals surface area contributed by atoms with Crippen molar-refractivity contribution in [1.29, 1.82) is 0 Å². The number of nitrogens with zero attached hydrogens (tertiary/aromatic N) is 1. The molecule has 1 aliphatic carbocycles. The molecular formula is C16H32N2O2. The maximum absolute atomic E-state index is 10.2. The van der Waals surface area contributed by atoms with Gasteiger partial charge < -0.3 is 15.5 Å². The number of hydrogen-bond acceptors (Lipinski definition) is 4. The van der Waals surface area contributed by atoms with Gasteiger partial charge in [0, 0.05) is 31.8 Å². The van der Waals surface area contributed by atoms with Crippen LogP contribution in [-0.2, 0) is 0 Å². The Morgan fingerprint density at radius 1 is 1.25 bits per heavy atom. The lowest BCUT2D eigenvalue weighted by molar-refractivity contribution is 0.0622. The van der Waals surface area contributed by atoms with Crippen molar-refractivity contribution >= 4 is 0 Å². The van der Waals surface area contributed by atoms with Crippen LogP contribution in [0.15, 0.2) is 0 Å². The first-order chi connectivity index (χ1) is 9.60. The van der Waals surface area contributed by atoms with E-state index >= 15 is 0 Å². The van der Waals surface area contributed by atoms with Gasteiger partial charge in [-0.2, -0.15) is 0 Å². The molecule has 1 aliphatic heterocycles. The average molecular weight is 284 g/mol. The molecule has 0 aromatic carbocycles. The van der Waals surface area contributed by atoms with Crippen LogP contribution in [0, 0.1) is 11.8 Å². The molecule has 3 N–H and O–H groups in total. The summed E-state index contributed by atoms with van der Waals surface area (Å²) < 4.78 is 0. The van der Waals surface area contributed by atoms with Gasteiger partial charge in [0.2, 0.25) is 0 Å². The van der Waals surface area contributed by atoms with Crippen molar-refractivity contribution in [3.05, 3.63) is 0 Å². The minimum atomic E-state index is -0.0785. The molecule has 0 radical (unpaired) electrons. The molecule has 4 heteroatoms. The normalized spacial score (nSPS) is 29.9. The van der Waals surface area contributed by atoms with Gasteiger partial charge in [0.25, 0.3) is 0 Å². The van der Waals surface area contributed by atoms with Gasteiger partial charge in [0.05, 0.1) is 6.10 Å². The van der Waals surface area contributed by atoms with Crippen molar-refractivity contribution in [2.24, 2.45) is 11.8 Å². The van der Waals surface area contributed by atoms with E-state index in [9.17, 15) is 5.11 Å². The molecule has 3 unspecified atom stereocenters. The minimum Gasteiger partial charge on any atom is -0.396 e. The summed E-state index contributed by atoms with van der Waals surface area (Å²) in [6.07, 6.45) is 5.32. The highest BCUT2D eigenvalue weighted by Gasteiger charge is 2.34. The molecule has 1 saturated heterocycles. The van der Waals surface area contributed by atoms with E-state index in [0.717, 1.165) is 32.5 Å². The third-order valence-electron chi connectivity index (χ3n) is 4.80. The van der Waals surface area contributed by atoms with E-state index < -0.39 is 0 Å². The van der Waals surface area contributed by atoms with Crippen LogP contribution in [0.5, 0.6) is 0 Å². The van der Waals surface area contributed by atoms with Gasteiger partial charge in [-0.25, -0.2) is 0 Å². The van der Waals surface area contributed by atoms with E-state index in [1.54, 1.807) is 0 Å². The highest BCUT2D eigenvalue weighted by atomic mass is 16.3. The van der Waals surface area contributed by atoms with Crippen LogP contribution in [0.25, 0.3) is 0 Å².